The number of aliphatic carboxylic acids is 2. The molecule has 41 nitrogen and oxygen atoms in total. The van der Waals surface area contributed by atoms with Crippen LogP contribution in [0.15, 0.2) is 60.9 Å². The lowest BCUT2D eigenvalue weighted by Crippen LogP contribution is -2.60. The van der Waals surface area contributed by atoms with Gasteiger partial charge in [-0.25, -0.2) is 4.79 Å². The quantitative estimate of drug-likeness (QED) is 0.0111. The number of aromatic nitrogens is 2. The van der Waals surface area contributed by atoms with Gasteiger partial charge in [-0.15, -0.1) is 0 Å². The van der Waals surface area contributed by atoms with E-state index < -0.39 is 150 Å². The van der Waals surface area contributed by atoms with Crippen molar-refractivity contribution < 1.29 is 58.2 Å². The molecular formula is C63H101N29O12. The standard InChI is InChI=1S/C63H101N29O12/c64-37(13-5-23-77-58(65)66)49(95)85-40(16-6-24-78-59(67)68)50(96)86-41(17-7-25-79-60(69)70)51(97)87-42(18-8-26-80-61(71)72)52(98)88-43(19-9-27-81-62(73)74)53(99)89-44(20-10-28-82-63(75)76)54(100)90-45(21-22-48(93)94)55(101)91-46(29-33-31-83-38-14-3-1-11-35(33)38)56(102)92-47(57(103)104)30-34-32-84-39-15-4-2-12-36(34)39/h1-4,11-12,14-15,31-32,37,40-47,83-84H,5-10,13,16-30,64H2,(H,85,95)(H,86,96)(H,87,97)(H,88,98)(H,89,99)(H,90,100)(H,91,101)(H,92,102)(H,93,94)(H,103,104)(H4,65,66,77)(H4,67,68,78)(H4,69,70,79)(H4,71,72,80)(H4,73,74,81)(H4,75,76,82)/t37-,40-,41-,42-,43-,44-,45-,46-,47-/m0/s1. The molecule has 0 saturated heterocycles. The number of rotatable bonds is 48. The minimum Gasteiger partial charge on any atom is -0.481 e. The van der Waals surface area contributed by atoms with Crippen LogP contribution in [0.2, 0.25) is 0 Å². The second-order valence-electron chi connectivity index (χ2n) is 24.4. The smallest absolute Gasteiger partial charge is 0.326 e. The number of carboxylic acids is 2. The number of nitrogens with one attached hydrogen (secondary N) is 22. The van der Waals surface area contributed by atoms with Crippen molar-refractivity contribution in [3.63, 3.8) is 0 Å². The molecule has 9 atom stereocenters. The number of aromatic amines is 2. The van der Waals surface area contributed by atoms with Crippen LogP contribution < -0.4 is 115 Å². The Morgan fingerprint density at radius 2 is 0.596 bits per heavy atom. The minimum atomic E-state index is -1.77. The van der Waals surface area contributed by atoms with Gasteiger partial charge in [0, 0.05) is 92.7 Å². The zero-order chi connectivity index (χ0) is 76.8. The van der Waals surface area contributed by atoms with Crippen LogP contribution in [0.25, 0.3) is 21.8 Å². The van der Waals surface area contributed by atoms with Crippen LogP contribution in [0.4, 0.5) is 0 Å². The molecule has 0 radical (unpaired) electrons. The molecule has 0 aliphatic rings. The molecule has 4 aromatic rings. The SMILES string of the molecule is N=C(N)NCCC[C@H](NC(=O)[C@H](CCCNC(=N)N)NC(=O)[C@H](CCCNC(=N)N)NC(=O)[C@H](CCCNC(=N)N)NC(=O)[C@H](CCCNC(=N)N)NC(=O)[C@@H](N)CCCNC(=N)N)C(=O)N[C@@H](CCC(=O)O)C(=O)N[C@@H](Cc1c[nH]c2ccccc12)C(=O)N[C@@H](Cc1c[nH]c2ccccc12)C(=O)O. The highest BCUT2D eigenvalue weighted by molar-refractivity contribution is 5.99. The lowest BCUT2D eigenvalue weighted by molar-refractivity contribution is -0.142. The van der Waals surface area contributed by atoms with E-state index >= 15 is 0 Å². The number of guanidine groups is 6. The highest BCUT2D eigenvalue weighted by Gasteiger charge is 2.36. The zero-order valence-corrected chi connectivity index (χ0v) is 57.5. The Hall–Kier alpha value is -12.2. The molecule has 2 aromatic heterocycles. The molecule has 0 aliphatic carbocycles. The lowest BCUT2D eigenvalue weighted by atomic mass is 10.0. The molecule has 0 fully saturated rings. The summed E-state index contributed by atoms with van der Waals surface area (Å²) in [5.74, 6) is -12.9. The first-order valence-corrected chi connectivity index (χ1v) is 33.6. The summed E-state index contributed by atoms with van der Waals surface area (Å²) in [5.41, 5.74) is 41.6. The first-order valence-electron chi connectivity index (χ1n) is 33.6. The van der Waals surface area contributed by atoms with Gasteiger partial charge in [-0.05, 0) is 107 Å². The third kappa shape index (κ3) is 31.1. The summed E-state index contributed by atoms with van der Waals surface area (Å²) < 4.78 is 0. The first kappa shape index (κ1) is 84.2. The van der Waals surface area contributed by atoms with E-state index in [1.807, 2.05) is 0 Å². The van der Waals surface area contributed by atoms with E-state index in [0.717, 1.165) is 0 Å². The molecule has 8 amide bonds. The number of carbonyl (C=O) groups excluding carboxylic acids is 8. The summed E-state index contributed by atoms with van der Waals surface area (Å²) in [4.78, 5) is 147. The zero-order valence-electron chi connectivity index (χ0n) is 57.5. The predicted molar refractivity (Wildman–Crippen MR) is 387 cm³/mol. The van der Waals surface area contributed by atoms with Crippen molar-refractivity contribution in [1.82, 2.24) is 84.4 Å². The van der Waals surface area contributed by atoms with E-state index in [9.17, 15) is 58.2 Å². The fraction of sp³-hybridized carbons (Fsp3) is 0.492. The highest BCUT2D eigenvalue weighted by atomic mass is 16.4. The van der Waals surface area contributed by atoms with Crippen molar-refractivity contribution in [2.75, 3.05) is 39.3 Å². The van der Waals surface area contributed by atoms with Gasteiger partial charge in [0.1, 0.15) is 48.3 Å². The number of H-pyrrole nitrogens is 2. The average molecular weight is 1460 g/mol. The number of carboxylic acid groups (broad SMARTS) is 2. The third-order valence-electron chi connectivity index (χ3n) is 16.2. The molecule has 2 aromatic carbocycles. The number of carbonyl (C=O) groups is 10. The molecule has 0 spiro atoms. The maximum atomic E-state index is 14.9. The van der Waals surface area contributed by atoms with Gasteiger partial charge in [0.2, 0.25) is 47.3 Å². The Labute approximate surface area is 598 Å². The van der Waals surface area contributed by atoms with Gasteiger partial charge in [0.25, 0.3) is 0 Å². The summed E-state index contributed by atoms with van der Waals surface area (Å²) in [6.07, 6.45) is 1.10. The van der Waals surface area contributed by atoms with Crippen molar-refractivity contribution in [2.24, 2.45) is 40.1 Å². The number of nitrogens with two attached hydrogens (primary N) is 7. The van der Waals surface area contributed by atoms with E-state index in [1.165, 1.54) is 0 Å². The molecule has 0 unspecified atom stereocenters. The monoisotopic (exact) mass is 1460 g/mol. The number of hydrogen-bond acceptors (Lipinski definition) is 17. The first-order chi connectivity index (χ1) is 49.4. The van der Waals surface area contributed by atoms with Crippen LogP contribution in [0.3, 0.4) is 0 Å². The van der Waals surface area contributed by atoms with Crippen LogP contribution in [0, 0.1) is 32.5 Å². The van der Waals surface area contributed by atoms with Gasteiger partial charge in [-0.1, -0.05) is 36.4 Å². The summed E-state index contributed by atoms with van der Waals surface area (Å²) in [6.45, 7) is 0.230. The van der Waals surface area contributed by atoms with Crippen LogP contribution in [0.1, 0.15) is 101 Å². The van der Waals surface area contributed by atoms with E-state index in [4.69, 9.17) is 72.6 Å². The fourth-order valence-electron chi connectivity index (χ4n) is 10.8. The molecule has 41 heteroatoms. The summed E-state index contributed by atoms with van der Waals surface area (Å²) in [7, 11) is 0. The lowest BCUT2D eigenvalue weighted by Gasteiger charge is -2.28. The van der Waals surface area contributed by atoms with Gasteiger partial charge in [0.15, 0.2) is 35.8 Å². The molecular weight excluding hydrogens is 1350 g/mol. The molecule has 0 saturated carbocycles. The third-order valence-corrected chi connectivity index (χ3v) is 16.2. The van der Waals surface area contributed by atoms with Crippen LogP contribution >= 0.6 is 0 Å². The van der Waals surface area contributed by atoms with Crippen molar-refractivity contribution in [2.45, 2.75) is 157 Å². The Balaban J connectivity index is 1.71. The fourth-order valence-corrected chi connectivity index (χ4v) is 10.8. The van der Waals surface area contributed by atoms with Gasteiger partial charge >= 0.3 is 11.9 Å². The maximum Gasteiger partial charge on any atom is 0.326 e. The van der Waals surface area contributed by atoms with E-state index in [0.29, 0.717) is 39.4 Å². The number of benzene rings is 2. The van der Waals surface area contributed by atoms with Crippen molar-refractivity contribution in [1.29, 1.82) is 32.5 Å². The van der Waals surface area contributed by atoms with Gasteiger partial charge in [-0.2, -0.15) is 0 Å². The second-order valence-corrected chi connectivity index (χ2v) is 24.4. The highest BCUT2D eigenvalue weighted by Crippen LogP contribution is 2.22. The van der Waals surface area contributed by atoms with Gasteiger partial charge < -0.3 is 135 Å². The Morgan fingerprint density at radius 3 is 0.894 bits per heavy atom. The van der Waals surface area contributed by atoms with E-state index in [-0.39, 0.29) is 135 Å². The van der Waals surface area contributed by atoms with Crippen molar-refractivity contribution in [3.8, 4) is 0 Å². The Morgan fingerprint density at radius 1 is 0.346 bits per heavy atom. The van der Waals surface area contributed by atoms with Crippen LogP contribution in [-0.4, -0.2) is 209 Å². The molecule has 2 heterocycles. The number of hydrogen-bond donors (Lipinski definition) is 31. The topological polar surface area (TPSA) is 736 Å². The summed E-state index contributed by atoms with van der Waals surface area (Å²) in [6, 6.07) is 0.452. The molecule has 570 valence electrons. The Kier molecular flexibility index (Phi) is 35.7. The number of amides is 8. The Bertz CT molecular complexity index is 3640. The van der Waals surface area contributed by atoms with E-state index in [1.54, 1.807) is 60.9 Å². The second kappa shape index (κ2) is 44.1. The normalized spacial score (nSPS) is 13.5. The van der Waals surface area contributed by atoms with Crippen LogP contribution in [0.5, 0.6) is 0 Å². The molecule has 0 bridgehead atoms. The summed E-state index contributed by atoms with van der Waals surface area (Å²) in [5, 5.41) is 104. The van der Waals surface area contributed by atoms with Crippen molar-refractivity contribution in [3.05, 3.63) is 72.1 Å². The van der Waals surface area contributed by atoms with Gasteiger partial charge in [-0.3, -0.25) is 75.6 Å². The maximum absolute atomic E-state index is 14.9. The predicted octanol–water partition coefficient (Wildman–Crippen LogP) is -5.83. The molecule has 38 N–H and O–H groups in total. The number of fused-ring (bicyclic) bond motifs is 2. The minimum absolute atomic E-state index is 0.00473. The molecule has 104 heavy (non-hydrogen) atoms. The number of para-hydroxylation sites is 2. The largest absolute Gasteiger partial charge is 0.481 e. The molecule has 4 rings (SSSR count). The van der Waals surface area contributed by atoms with Crippen molar-refractivity contribution >= 4 is 117 Å². The average Bonchev–Trinajstić information content (AvgIpc) is 1.69. The summed E-state index contributed by atoms with van der Waals surface area (Å²) >= 11 is 0. The van der Waals surface area contributed by atoms with E-state index in [2.05, 4.69) is 84.4 Å². The van der Waals surface area contributed by atoms with Crippen LogP contribution in [-0.2, 0) is 60.8 Å². The van der Waals surface area contributed by atoms with Gasteiger partial charge in [0.05, 0.1) is 6.04 Å². The molecule has 0 aliphatic heterocycles.